The molecule has 0 spiro atoms. The fraction of sp³-hybridized carbons (Fsp3) is 0.273. The van der Waals surface area contributed by atoms with Crippen molar-refractivity contribution in [2.45, 2.75) is 18.6 Å². The van der Waals surface area contributed by atoms with E-state index in [4.69, 9.17) is 5.73 Å². The monoisotopic (exact) mass is 427 g/mol. The van der Waals surface area contributed by atoms with Gasteiger partial charge in [0.15, 0.2) is 0 Å². The summed E-state index contributed by atoms with van der Waals surface area (Å²) < 4.78 is 45.1. The van der Waals surface area contributed by atoms with Gasteiger partial charge in [-0.2, -0.15) is 13.2 Å². The molecule has 4 aromatic rings. The van der Waals surface area contributed by atoms with Crippen LogP contribution in [0.4, 0.5) is 13.2 Å². The first-order chi connectivity index (χ1) is 14.8. The molecule has 0 saturated carbocycles. The van der Waals surface area contributed by atoms with Crippen LogP contribution in [0.1, 0.15) is 22.5 Å². The zero-order valence-electron chi connectivity index (χ0n) is 16.7. The summed E-state index contributed by atoms with van der Waals surface area (Å²) in [5.74, 6) is -0.171. The van der Waals surface area contributed by atoms with Crippen molar-refractivity contribution < 1.29 is 18.0 Å². The number of carbonyl (C=O) groups excluding carboxylic acids is 1. The first-order valence-corrected chi connectivity index (χ1v) is 9.93. The molecule has 31 heavy (non-hydrogen) atoms. The number of fused-ring (bicyclic) bond motifs is 2. The standard InChI is InChI=1S/C22H20F3N5O/c1-28-12-27-17-9-15(16(10-20(17)28)22(23,24)25)14-3-2-7-30-18(14)4-5-19(30)21(31)29-8-6-13(29)11-26/h2-5,7,9-10,12-13H,6,8,11,26H2,1H3. The van der Waals surface area contributed by atoms with Gasteiger partial charge in [-0.15, -0.1) is 0 Å². The topological polar surface area (TPSA) is 68.6 Å². The number of benzene rings is 1. The number of carbonyl (C=O) groups is 1. The predicted octanol–water partition coefficient (Wildman–Crippen LogP) is 3.69. The molecule has 9 heteroatoms. The number of alkyl halides is 3. The molecule has 0 bridgehead atoms. The summed E-state index contributed by atoms with van der Waals surface area (Å²) in [7, 11) is 1.66. The predicted molar refractivity (Wildman–Crippen MR) is 111 cm³/mol. The maximum atomic E-state index is 14.0. The van der Waals surface area contributed by atoms with E-state index in [1.54, 1.807) is 51.4 Å². The molecule has 6 nitrogen and oxygen atoms in total. The Morgan fingerprint density at radius 1 is 1.19 bits per heavy atom. The zero-order valence-corrected chi connectivity index (χ0v) is 16.7. The van der Waals surface area contributed by atoms with E-state index in [1.165, 1.54) is 12.4 Å². The van der Waals surface area contributed by atoms with E-state index in [0.29, 0.717) is 40.9 Å². The quantitative estimate of drug-likeness (QED) is 0.542. The molecule has 1 unspecified atom stereocenters. The van der Waals surface area contributed by atoms with Gasteiger partial charge in [0, 0.05) is 37.9 Å². The highest BCUT2D eigenvalue weighted by Crippen LogP contribution is 2.41. The largest absolute Gasteiger partial charge is 0.417 e. The smallest absolute Gasteiger partial charge is 0.334 e. The number of hydrogen-bond acceptors (Lipinski definition) is 3. The molecule has 4 heterocycles. The third-order valence-electron chi connectivity index (χ3n) is 6.05. The van der Waals surface area contributed by atoms with Gasteiger partial charge in [-0.05, 0) is 42.3 Å². The molecular weight excluding hydrogens is 407 g/mol. The SMILES string of the molecule is Cn1cnc2cc(-c3cccn4c(C(=O)N5CCC5CN)ccc34)c(C(F)(F)F)cc21. The third-order valence-corrected chi connectivity index (χ3v) is 6.05. The van der Waals surface area contributed by atoms with Crippen molar-refractivity contribution in [2.24, 2.45) is 12.8 Å². The van der Waals surface area contributed by atoms with Gasteiger partial charge in [-0.1, -0.05) is 6.07 Å². The van der Waals surface area contributed by atoms with Crippen LogP contribution >= 0.6 is 0 Å². The summed E-state index contributed by atoms with van der Waals surface area (Å²) in [6.45, 7) is 1.02. The Balaban J connectivity index is 1.69. The second kappa shape index (κ2) is 6.84. The van der Waals surface area contributed by atoms with Crippen LogP contribution in [0.25, 0.3) is 27.7 Å². The Morgan fingerprint density at radius 2 is 2.00 bits per heavy atom. The number of likely N-dealkylation sites (tertiary alicyclic amines) is 1. The number of amides is 1. The minimum Gasteiger partial charge on any atom is -0.334 e. The first-order valence-electron chi connectivity index (χ1n) is 9.93. The lowest BCUT2D eigenvalue weighted by molar-refractivity contribution is -0.137. The highest BCUT2D eigenvalue weighted by molar-refractivity contribution is 5.97. The summed E-state index contributed by atoms with van der Waals surface area (Å²) in [5, 5.41) is 0. The van der Waals surface area contributed by atoms with Crippen LogP contribution < -0.4 is 5.73 Å². The van der Waals surface area contributed by atoms with Gasteiger partial charge in [-0.3, -0.25) is 4.79 Å². The van der Waals surface area contributed by atoms with E-state index in [9.17, 15) is 18.0 Å². The number of pyridine rings is 1. The minimum absolute atomic E-state index is 0.00428. The lowest BCUT2D eigenvalue weighted by Crippen LogP contribution is -2.54. The van der Waals surface area contributed by atoms with E-state index >= 15 is 0 Å². The van der Waals surface area contributed by atoms with Crippen LogP contribution in [-0.4, -0.2) is 43.9 Å². The van der Waals surface area contributed by atoms with Crippen molar-refractivity contribution in [2.75, 3.05) is 13.1 Å². The van der Waals surface area contributed by atoms with Gasteiger partial charge in [0.2, 0.25) is 0 Å². The van der Waals surface area contributed by atoms with Gasteiger partial charge < -0.3 is 19.6 Å². The summed E-state index contributed by atoms with van der Waals surface area (Å²) >= 11 is 0. The lowest BCUT2D eigenvalue weighted by atomic mass is 9.98. The van der Waals surface area contributed by atoms with Crippen molar-refractivity contribution in [3.8, 4) is 11.1 Å². The summed E-state index contributed by atoms with van der Waals surface area (Å²) in [5.41, 5.74) is 7.21. The average molecular weight is 427 g/mol. The Morgan fingerprint density at radius 3 is 2.68 bits per heavy atom. The molecule has 5 rings (SSSR count). The van der Waals surface area contributed by atoms with Crippen molar-refractivity contribution in [1.82, 2.24) is 18.9 Å². The molecule has 2 N–H and O–H groups in total. The Labute approximate surface area is 175 Å². The van der Waals surface area contributed by atoms with E-state index in [1.807, 2.05) is 0 Å². The highest BCUT2D eigenvalue weighted by atomic mass is 19.4. The van der Waals surface area contributed by atoms with E-state index < -0.39 is 11.7 Å². The lowest BCUT2D eigenvalue weighted by Gasteiger charge is -2.40. The molecule has 1 atom stereocenters. The fourth-order valence-corrected chi connectivity index (χ4v) is 4.27. The summed E-state index contributed by atoms with van der Waals surface area (Å²) in [4.78, 5) is 18.9. The normalized spacial score (nSPS) is 16.8. The van der Waals surface area contributed by atoms with Gasteiger partial charge >= 0.3 is 6.18 Å². The summed E-state index contributed by atoms with van der Waals surface area (Å²) in [6, 6.07) is 9.21. The molecule has 1 aliphatic heterocycles. The van der Waals surface area contributed by atoms with Gasteiger partial charge in [0.1, 0.15) is 5.69 Å². The molecule has 0 aliphatic carbocycles. The number of nitrogens with two attached hydrogens (primary N) is 1. The number of halogens is 3. The number of aromatic nitrogens is 3. The third kappa shape index (κ3) is 2.99. The van der Waals surface area contributed by atoms with Crippen LogP contribution in [0.3, 0.4) is 0 Å². The van der Waals surface area contributed by atoms with Gasteiger partial charge in [-0.25, -0.2) is 4.98 Å². The van der Waals surface area contributed by atoms with Crippen molar-refractivity contribution in [1.29, 1.82) is 0 Å². The summed E-state index contributed by atoms with van der Waals surface area (Å²) in [6.07, 6.45) is -0.506. The van der Waals surface area contributed by atoms with Crippen molar-refractivity contribution in [3.05, 3.63) is 60.2 Å². The minimum atomic E-state index is -4.54. The van der Waals surface area contributed by atoms with Gasteiger partial charge in [0.25, 0.3) is 5.91 Å². The molecule has 3 aromatic heterocycles. The van der Waals surface area contributed by atoms with Crippen molar-refractivity contribution >= 4 is 22.5 Å². The number of hydrogen-bond donors (Lipinski definition) is 1. The van der Waals surface area contributed by atoms with E-state index in [2.05, 4.69) is 4.98 Å². The Kier molecular flexibility index (Phi) is 4.33. The molecule has 1 aliphatic rings. The van der Waals surface area contributed by atoms with Crippen molar-refractivity contribution in [3.63, 3.8) is 0 Å². The van der Waals surface area contributed by atoms with E-state index in [-0.39, 0.29) is 17.5 Å². The number of rotatable bonds is 3. The van der Waals surface area contributed by atoms with Crippen LogP contribution in [0.2, 0.25) is 0 Å². The number of aryl methyl sites for hydroxylation is 1. The Hall–Kier alpha value is -3.33. The molecule has 1 fully saturated rings. The maximum Gasteiger partial charge on any atom is 0.417 e. The first kappa shape index (κ1) is 19.6. The molecule has 160 valence electrons. The molecule has 1 amide bonds. The average Bonchev–Trinajstić information content (AvgIpc) is 3.29. The number of nitrogens with zero attached hydrogens (tertiary/aromatic N) is 4. The highest BCUT2D eigenvalue weighted by Gasteiger charge is 2.36. The molecular formula is C22H20F3N5O. The van der Waals surface area contributed by atoms with Crippen LogP contribution in [0.15, 0.2) is 48.9 Å². The van der Waals surface area contributed by atoms with Crippen LogP contribution in [0.5, 0.6) is 0 Å². The second-order valence-corrected chi connectivity index (χ2v) is 7.81. The fourth-order valence-electron chi connectivity index (χ4n) is 4.27. The molecule has 1 saturated heterocycles. The molecule has 1 aromatic carbocycles. The second-order valence-electron chi connectivity index (χ2n) is 7.81. The van der Waals surface area contributed by atoms with Crippen LogP contribution in [0, 0.1) is 0 Å². The molecule has 0 radical (unpaired) electrons. The number of imidazole rings is 1. The maximum absolute atomic E-state index is 14.0. The van der Waals surface area contributed by atoms with E-state index in [0.717, 1.165) is 12.5 Å². The zero-order chi connectivity index (χ0) is 21.9. The van der Waals surface area contributed by atoms with Crippen LogP contribution in [-0.2, 0) is 13.2 Å². The van der Waals surface area contributed by atoms with Gasteiger partial charge in [0.05, 0.1) is 28.4 Å². The Bertz CT molecular complexity index is 1320.